The molecule has 4 heteroatoms. The predicted octanol–water partition coefficient (Wildman–Crippen LogP) is 0.917. The fraction of sp³-hybridized carbons (Fsp3) is 0.917. The summed E-state index contributed by atoms with van der Waals surface area (Å²) in [5.41, 5.74) is 0. The van der Waals surface area contributed by atoms with E-state index in [2.05, 4.69) is 17.6 Å². The van der Waals surface area contributed by atoms with Crippen molar-refractivity contribution in [3.63, 3.8) is 0 Å². The highest BCUT2D eigenvalue weighted by atomic mass is 16.5. The third-order valence-electron chi connectivity index (χ3n) is 2.95. The van der Waals surface area contributed by atoms with Crippen molar-refractivity contribution in [3.8, 4) is 0 Å². The van der Waals surface area contributed by atoms with Gasteiger partial charge in [0.1, 0.15) is 0 Å². The van der Waals surface area contributed by atoms with Gasteiger partial charge in [-0.25, -0.2) is 0 Å². The third-order valence-corrected chi connectivity index (χ3v) is 2.95. The molecule has 0 aliphatic heterocycles. The Morgan fingerprint density at radius 1 is 1.44 bits per heavy atom. The van der Waals surface area contributed by atoms with Crippen molar-refractivity contribution in [2.45, 2.75) is 38.6 Å². The summed E-state index contributed by atoms with van der Waals surface area (Å²) in [6.45, 7) is 4.08. The van der Waals surface area contributed by atoms with Crippen molar-refractivity contribution in [3.05, 3.63) is 0 Å². The smallest absolute Gasteiger partial charge is 0.234 e. The van der Waals surface area contributed by atoms with E-state index >= 15 is 0 Å². The number of methoxy groups -OCH3 is 1. The normalized spacial score (nSPS) is 18.6. The van der Waals surface area contributed by atoms with Crippen LogP contribution in [0, 0.1) is 5.92 Å². The highest BCUT2D eigenvalue weighted by Crippen LogP contribution is 2.17. The highest BCUT2D eigenvalue weighted by molar-refractivity contribution is 5.78. The molecule has 94 valence electrons. The molecule has 1 fully saturated rings. The molecular formula is C12H24N2O2. The minimum Gasteiger partial charge on any atom is -0.384 e. The van der Waals surface area contributed by atoms with Crippen LogP contribution in [-0.4, -0.2) is 38.8 Å². The molecule has 0 bridgehead atoms. The summed E-state index contributed by atoms with van der Waals surface area (Å²) < 4.78 is 5.03. The molecule has 1 atom stereocenters. The maximum absolute atomic E-state index is 11.5. The first-order valence-electron chi connectivity index (χ1n) is 6.21. The van der Waals surface area contributed by atoms with Gasteiger partial charge in [-0.3, -0.25) is 4.79 Å². The average molecular weight is 228 g/mol. The SMILES string of the molecule is COCC(C)CNCC(=O)NC1CCCC1. The van der Waals surface area contributed by atoms with E-state index in [-0.39, 0.29) is 5.91 Å². The second kappa shape index (κ2) is 7.63. The fourth-order valence-electron chi connectivity index (χ4n) is 2.12. The summed E-state index contributed by atoms with van der Waals surface area (Å²) in [4.78, 5) is 11.5. The number of carbonyl (C=O) groups excluding carboxylic acids is 1. The van der Waals surface area contributed by atoms with Crippen molar-refractivity contribution in [2.75, 3.05) is 26.8 Å². The van der Waals surface area contributed by atoms with Crippen LogP contribution >= 0.6 is 0 Å². The molecule has 1 aliphatic rings. The number of carbonyl (C=O) groups is 1. The van der Waals surface area contributed by atoms with Crippen molar-refractivity contribution >= 4 is 5.91 Å². The fourth-order valence-corrected chi connectivity index (χ4v) is 2.12. The number of nitrogens with one attached hydrogen (secondary N) is 2. The van der Waals surface area contributed by atoms with E-state index in [1.165, 1.54) is 12.8 Å². The minimum absolute atomic E-state index is 0.122. The second-order valence-corrected chi connectivity index (χ2v) is 4.74. The summed E-state index contributed by atoms with van der Waals surface area (Å²) in [5.74, 6) is 0.570. The monoisotopic (exact) mass is 228 g/mol. The first-order valence-corrected chi connectivity index (χ1v) is 6.21. The molecule has 1 aliphatic carbocycles. The molecule has 0 aromatic carbocycles. The summed E-state index contributed by atoms with van der Waals surface area (Å²) in [7, 11) is 1.70. The molecule has 0 radical (unpaired) electrons. The van der Waals surface area contributed by atoms with E-state index in [1.54, 1.807) is 7.11 Å². The zero-order chi connectivity index (χ0) is 11.8. The molecule has 0 saturated heterocycles. The highest BCUT2D eigenvalue weighted by Gasteiger charge is 2.16. The molecule has 4 nitrogen and oxygen atoms in total. The lowest BCUT2D eigenvalue weighted by Gasteiger charge is -2.14. The van der Waals surface area contributed by atoms with Gasteiger partial charge in [0, 0.05) is 26.3 Å². The van der Waals surface area contributed by atoms with Crippen LogP contribution in [0.5, 0.6) is 0 Å². The molecule has 1 amide bonds. The maximum atomic E-state index is 11.5. The Morgan fingerprint density at radius 3 is 2.75 bits per heavy atom. The summed E-state index contributed by atoms with van der Waals surface area (Å²) >= 11 is 0. The van der Waals surface area contributed by atoms with E-state index in [4.69, 9.17) is 4.74 Å². The lowest BCUT2D eigenvalue weighted by atomic mass is 10.2. The molecule has 0 spiro atoms. The van der Waals surface area contributed by atoms with Crippen LogP contribution in [0.1, 0.15) is 32.6 Å². The molecule has 16 heavy (non-hydrogen) atoms. The van der Waals surface area contributed by atoms with Crippen LogP contribution in [0.4, 0.5) is 0 Å². The Balaban J connectivity index is 2.01. The average Bonchev–Trinajstić information content (AvgIpc) is 2.70. The summed E-state index contributed by atoms with van der Waals surface area (Å²) in [5, 5.41) is 6.20. The largest absolute Gasteiger partial charge is 0.384 e. The maximum Gasteiger partial charge on any atom is 0.234 e. The van der Waals surface area contributed by atoms with Crippen LogP contribution < -0.4 is 10.6 Å². The van der Waals surface area contributed by atoms with Gasteiger partial charge in [-0.05, 0) is 18.8 Å². The Kier molecular flexibility index (Phi) is 6.42. The van der Waals surface area contributed by atoms with Gasteiger partial charge in [0.05, 0.1) is 6.54 Å². The lowest BCUT2D eigenvalue weighted by Crippen LogP contribution is -2.40. The topological polar surface area (TPSA) is 50.4 Å². The lowest BCUT2D eigenvalue weighted by molar-refractivity contribution is -0.120. The first-order chi connectivity index (χ1) is 7.72. The Labute approximate surface area is 98.1 Å². The zero-order valence-electron chi connectivity index (χ0n) is 10.4. The van der Waals surface area contributed by atoms with Gasteiger partial charge < -0.3 is 15.4 Å². The molecule has 0 aromatic rings. The number of hydrogen-bond donors (Lipinski definition) is 2. The first kappa shape index (κ1) is 13.5. The van der Waals surface area contributed by atoms with E-state index in [9.17, 15) is 4.79 Å². The van der Waals surface area contributed by atoms with E-state index < -0.39 is 0 Å². The van der Waals surface area contributed by atoms with Gasteiger partial charge in [-0.1, -0.05) is 19.8 Å². The molecular weight excluding hydrogens is 204 g/mol. The van der Waals surface area contributed by atoms with Gasteiger partial charge in [0.25, 0.3) is 0 Å². The quantitative estimate of drug-likeness (QED) is 0.681. The van der Waals surface area contributed by atoms with Gasteiger partial charge >= 0.3 is 0 Å². The van der Waals surface area contributed by atoms with Gasteiger partial charge in [-0.15, -0.1) is 0 Å². The van der Waals surface area contributed by atoms with Crippen molar-refractivity contribution in [1.29, 1.82) is 0 Å². The molecule has 1 saturated carbocycles. The van der Waals surface area contributed by atoms with Crippen LogP contribution in [0.2, 0.25) is 0 Å². The van der Waals surface area contributed by atoms with Crippen LogP contribution in [0.3, 0.4) is 0 Å². The summed E-state index contributed by atoms with van der Waals surface area (Å²) in [6, 6.07) is 0.422. The van der Waals surface area contributed by atoms with Crippen LogP contribution in [0.25, 0.3) is 0 Å². The molecule has 0 heterocycles. The number of hydrogen-bond acceptors (Lipinski definition) is 3. The van der Waals surface area contributed by atoms with E-state index in [0.717, 1.165) is 26.0 Å². The van der Waals surface area contributed by atoms with Crippen molar-refractivity contribution in [2.24, 2.45) is 5.92 Å². The zero-order valence-corrected chi connectivity index (χ0v) is 10.4. The van der Waals surface area contributed by atoms with Crippen LogP contribution in [-0.2, 0) is 9.53 Å². The van der Waals surface area contributed by atoms with Crippen LogP contribution in [0.15, 0.2) is 0 Å². The number of amides is 1. The predicted molar refractivity (Wildman–Crippen MR) is 64.3 cm³/mol. The summed E-state index contributed by atoms with van der Waals surface area (Å²) in [6.07, 6.45) is 4.80. The number of ether oxygens (including phenoxy) is 1. The van der Waals surface area contributed by atoms with Gasteiger partial charge in [0.2, 0.25) is 5.91 Å². The Morgan fingerprint density at radius 2 is 2.12 bits per heavy atom. The third kappa shape index (κ3) is 5.47. The van der Waals surface area contributed by atoms with E-state index in [0.29, 0.717) is 18.5 Å². The number of rotatable bonds is 7. The van der Waals surface area contributed by atoms with Gasteiger partial charge in [0.15, 0.2) is 0 Å². The molecule has 1 rings (SSSR count). The minimum atomic E-state index is 0.122. The van der Waals surface area contributed by atoms with Crippen molar-refractivity contribution < 1.29 is 9.53 Å². The Bertz CT molecular complexity index is 203. The Hall–Kier alpha value is -0.610. The molecule has 1 unspecified atom stereocenters. The molecule has 0 aromatic heterocycles. The second-order valence-electron chi connectivity index (χ2n) is 4.74. The van der Waals surface area contributed by atoms with Gasteiger partial charge in [-0.2, -0.15) is 0 Å². The standard InChI is InChI=1S/C12H24N2O2/c1-10(9-16-2)7-13-8-12(15)14-11-5-3-4-6-11/h10-11,13H,3-9H2,1-2H3,(H,14,15). The van der Waals surface area contributed by atoms with Crippen molar-refractivity contribution in [1.82, 2.24) is 10.6 Å². The molecule has 2 N–H and O–H groups in total. The van der Waals surface area contributed by atoms with E-state index in [1.807, 2.05) is 0 Å².